The van der Waals surface area contributed by atoms with Crippen molar-refractivity contribution in [2.45, 2.75) is 20.3 Å². The van der Waals surface area contributed by atoms with Crippen LogP contribution in [0.2, 0.25) is 5.02 Å². The van der Waals surface area contributed by atoms with Crippen LogP contribution in [-0.4, -0.2) is 47.9 Å². The van der Waals surface area contributed by atoms with Crippen LogP contribution >= 0.6 is 11.6 Å². The van der Waals surface area contributed by atoms with Gasteiger partial charge in [-0.05, 0) is 49.7 Å². The molecule has 1 aliphatic heterocycles. The molecule has 1 unspecified atom stereocenters. The summed E-state index contributed by atoms with van der Waals surface area (Å²) < 4.78 is 2.87. The van der Waals surface area contributed by atoms with E-state index in [2.05, 4.69) is 25.5 Å². The number of halogens is 1. The van der Waals surface area contributed by atoms with E-state index in [-0.39, 0.29) is 36.1 Å². The second-order valence-corrected chi connectivity index (χ2v) is 9.92. The Kier molecular flexibility index (Phi) is 5.99. The van der Waals surface area contributed by atoms with Gasteiger partial charge in [-0.3, -0.25) is 19.4 Å². The normalized spacial score (nSPS) is 15.3. The van der Waals surface area contributed by atoms with Crippen LogP contribution in [0.15, 0.2) is 65.6 Å². The molecule has 1 atom stereocenters. The summed E-state index contributed by atoms with van der Waals surface area (Å²) in [6, 6.07) is 16.3. The summed E-state index contributed by atoms with van der Waals surface area (Å²) in [5.74, 6) is -0.581. The van der Waals surface area contributed by atoms with Crippen molar-refractivity contribution in [2.24, 2.45) is 5.92 Å². The highest BCUT2D eigenvalue weighted by molar-refractivity contribution is 6.30. The second kappa shape index (κ2) is 9.52. The highest BCUT2D eigenvalue weighted by Gasteiger charge is 2.35. The number of aromatic amines is 1. The van der Waals surface area contributed by atoms with E-state index in [0.717, 1.165) is 11.3 Å². The highest BCUT2D eigenvalue weighted by Crippen LogP contribution is 2.27. The average Bonchev–Trinajstić information content (AvgIpc) is 3.60. The lowest BCUT2D eigenvalue weighted by molar-refractivity contribution is -0.122. The fourth-order valence-corrected chi connectivity index (χ4v) is 4.90. The molecular formula is C27H23ClN8O3. The van der Waals surface area contributed by atoms with Crippen LogP contribution in [0.5, 0.6) is 0 Å². The first-order valence-electron chi connectivity index (χ1n) is 12.3. The lowest BCUT2D eigenvalue weighted by Crippen LogP contribution is -2.29. The first-order valence-corrected chi connectivity index (χ1v) is 12.6. The number of nitrogens with zero attached hydrogens (tertiary/aromatic N) is 6. The number of aromatic nitrogens is 6. The third-order valence-electron chi connectivity index (χ3n) is 6.57. The summed E-state index contributed by atoms with van der Waals surface area (Å²) >= 11 is 6.15. The van der Waals surface area contributed by atoms with E-state index in [1.54, 1.807) is 42.2 Å². The van der Waals surface area contributed by atoms with E-state index < -0.39 is 11.5 Å². The van der Waals surface area contributed by atoms with Gasteiger partial charge in [0.05, 0.1) is 23.5 Å². The molecule has 12 heteroatoms. The lowest BCUT2D eigenvalue weighted by Gasteiger charge is -2.17. The van der Waals surface area contributed by atoms with Crippen LogP contribution in [0.1, 0.15) is 17.7 Å². The first-order chi connectivity index (χ1) is 18.8. The summed E-state index contributed by atoms with van der Waals surface area (Å²) in [4.78, 5) is 47.8. The zero-order chi connectivity index (χ0) is 27.3. The number of anilines is 2. The number of nitrogens with one attached hydrogen (secondary N) is 2. The molecule has 4 heterocycles. The van der Waals surface area contributed by atoms with E-state index in [4.69, 9.17) is 11.6 Å². The molecular weight excluding hydrogens is 520 g/mol. The van der Waals surface area contributed by atoms with Gasteiger partial charge in [0.15, 0.2) is 5.65 Å². The van der Waals surface area contributed by atoms with Gasteiger partial charge >= 0.3 is 0 Å². The van der Waals surface area contributed by atoms with Crippen LogP contribution in [0, 0.1) is 19.8 Å². The van der Waals surface area contributed by atoms with Gasteiger partial charge in [0.2, 0.25) is 17.8 Å². The highest BCUT2D eigenvalue weighted by atomic mass is 35.5. The summed E-state index contributed by atoms with van der Waals surface area (Å²) in [5, 5.41) is 12.4. The van der Waals surface area contributed by atoms with Crippen molar-refractivity contribution in [3.63, 3.8) is 0 Å². The minimum absolute atomic E-state index is 0.0900. The van der Waals surface area contributed by atoms with Gasteiger partial charge in [0, 0.05) is 29.7 Å². The fraction of sp³-hybridized carbons (Fsp3) is 0.185. The average molecular weight is 543 g/mol. The number of fused-ring (bicyclic) bond motifs is 1. The number of benzene rings is 2. The minimum atomic E-state index is -0.555. The van der Waals surface area contributed by atoms with Gasteiger partial charge in [-0.15, -0.1) is 0 Å². The van der Waals surface area contributed by atoms with Gasteiger partial charge in [-0.1, -0.05) is 29.8 Å². The molecule has 1 saturated heterocycles. The molecule has 2 N–H and O–H groups in total. The zero-order valence-electron chi connectivity index (χ0n) is 21.1. The minimum Gasteiger partial charge on any atom is -0.312 e. The van der Waals surface area contributed by atoms with E-state index in [9.17, 15) is 14.4 Å². The summed E-state index contributed by atoms with van der Waals surface area (Å²) in [5.41, 5.74) is 2.92. The maximum atomic E-state index is 13.3. The molecule has 2 aromatic carbocycles. The van der Waals surface area contributed by atoms with Gasteiger partial charge in [0.1, 0.15) is 11.2 Å². The third kappa shape index (κ3) is 4.57. The van der Waals surface area contributed by atoms with Gasteiger partial charge in [0.25, 0.3) is 5.56 Å². The molecule has 11 nitrogen and oxygen atoms in total. The molecule has 196 valence electrons. The number of rotatable bonds is 5. The van der Waals surface area contributed by atoms with Crippen LogP contribution in [0.3, 0.4) is 0 Å². The molecule has 2 amide bonds. The number of carbonyl (C=O) groups excluding carboxylic acids is 2. The lowest BCUT2D eigenvalue weighted by atomic mass is 10.1. The van der Waals surface area contributed by atoms with Crippen LogP contribution in [0.4, 0.5) is 11.5 Å². The molecule has 0 bridgehead atoms. The van der Waals surface area contributed by atoms with E-state index in [1.165, 1.54) is 15.6 Å². The molecule has 0 saturated carbocycles. The smallest absolute Gasteiger partial charge is 0.263 e. The second-order valence-electron chi connectivity index (χ2n) is 9.48. The van der Waals surface area contributed by atoms with E-state index in [1.807, 2.05) is 31.2 Å². The number of amides is 2. The summed E-state index contributed by atoms with van der Waals surface area (Å²) in [7, 11) is 0. The predicted molar refractivity (Wildman–Crippen MR) is 147 cm³/mol. The monoisotopic (exact) mass is 542 g/mol. The number of aryl methyl sites for hydroxylation is 2. The van der Waals surface area contributed by atoms with Crippen molar-refractivity contribution in [3.8, 4) is 11.6 Å². The van der Waals surface area contributed by atoms with Gasteiger partial charge < -0.3 is 10.2 Å². The molecule has 3 aromatic heterocycles. The van der Waals surface area contributed by atoms with Gasteiger partial charge in [-0.25, -0.2) is 4.68 Å². The zero-order valence-corrected chi connectivity index (χ0v) is 21.8. The molecule has 39 heavy (non-hydrogen) atoms. The number of hydrogen-bond donors (Lipinski definition) is 2. The van der Waals surface area contributed by atoms with Gasteiger partial charge in [-0.2, -0.15) is 19.9 Å². The van der Waals surface area contributed by atoms with Crippen molar-refractivity contribution in [1.82, 2.24) is 29.5 Å². The predicted octanol–water partition coefficient (Wildman–Crippen LogP) is 3.56. The quantitative estimate of drug-likeness (QED) is 0.349. The number of carbonyl (C=O) groups is 2. The summed E-state index contributed by atoms with van der Waals surface area (Å²) in [6.45, 7) is 3.98. The van der Waals surface area contributed by atoms with Crippen LogP contribution in [0.25, 0.3) is 22.7 Å². The Morgan fingerprint density at radius 1 is 1.05 bits per heavy atom. The standard InChI is InChI=1S/C27H23ClN8O3/c1-15-5-3-7-19(9-15)34-14-17(11-23(34)37)25(38)30-22-10-16(2)33-36(22)27-31-24-21(26(39)32-27)13-29-35(24)20-8-4-6-18(28)12-20/h3-10,12-13,17H,11,14H2,1-2H3,(H,30,38)(H,31,32,39). The summed E-state index contributed by atoms with van der Waals surface area (Å²) in [6.07, 6.45) is 1.52. The van der Waals surface area contributed by atoms with Crippen molar-refractivity contribution >= 4 is 46.0 Å². The number of hydrogen-bond acceptors (Lipinski definition) is 6. The molecule has 0 radical (unpaired) electrons. The largest absolute Gasteiger partial charge is 0.312 e. The maximum absolute atomic E-state index is 13.3. The SMILES string of the molecule is Cc1cccc(N2CC(C(=O)Nc3cc(C)nn3-c3nc4c(cnn4-c4cccc(Cl)c4)c(=O)[nH]3)CC2=O)c1. The molecule has 1 fully saturated rings. The molecule has 5 aromatic rings. The molecule has 1 aliphatic rings. The number of H-pyrrole nitrogens is 1. The Bertz CT molecular complexity index is 1820. The molecule has 6 rings (SSSR count). The Morgan fingerprint density at radius 2 is 1.85 bits per heavy atom. The van der Waals surface area contributed by atoms with E-state index in [0.29, 0.717) is 27.9 Å². The Balaban J connectivity index is 1.31. The fourth-order valence-electron chi connectivity index (χ4n) is 4.71. The van der Waals surface area contributed by atoms with Crippen molar-refractivity contribution < 1.29 is 9.59 Å². The van der Waals surface area contributed by atoms with Crippen molar-refractivity contribution in [2.75, 3.05) is 16.8 Å². The Labute approximate surface area is 227 Å². The molecule has 0 spiro atoms. The maximum Gasteiger partial charge on any atom is 0.263 e. The Morgan fingerprint density at radius 3 is 2.64 bits per heavy atom. The van der Waals surface area contributed by atoms with Crippen molar-refractivity contribution in [1.29, 1.82) is 0 Å². The van der Waals surface area contributed by atoms with Crippen LogP contribution in [-0.2, 0) is 9.59 Å². The third-order valence-corrected chi connectivity index (χ3v) is 6.81. The van der Waals surface area contributed by atoms with Crippen LogP contribution < -0.4 is 15.8 Å². The Hall–Kier alpha value is -4.77. The first kappa shape index (κ1) is 24.6. The molecule has 0 aliphatic carbocycles. The van der Waals surface area contributed by atoms with E-state index >= 15 is 0 Å². The van der Waals surface area contributed by atoms with Crippen molar-refractivity contribution in [3.05, 3.63) is 87.4 Å². The topological polar surface area (TPSA) is 131 Å².